The fraction of sp³-hybridized carbons (Fsp3) is 0.650. The van der Waals surface area contributed by atoms with E-state index in [1.807, 2.05) is 0 Å². The molecule has 0 aliphatic heterocycles. The largest absolute Gasteiger partial charge is 0.534 e. The molecule has 5 rings (SSSR count). The Labute approximate surface area is 167 Å². The van der Waals surface area contributed by atoms with E-state index in [4.69, 9.17) is 4.74 Å². The third-order valence-electron chi connectivity index (χ3n) is 6.87. The maximum Gasteiger partial charge on any atom is 0.534 e. The molecule has 160 valence electrons. The average molecular weight is 432 g/mol. The molecule has 0 saturated heterocycles. The molecule has 0 amide bonds. The van der Waals surface area contributed by atoms with Crippen molar-refractivity contribution in [1.29, 1.82) is 0 Å². The summed E-state index contributed by atoms with van der Waals surface area (Å²) in [5.41, 5.74) is -5.53. The zero-order chi connectivity index (χ0) is 21.2. The van der Waals surface area contributed by atoms with E-state index in [-0.39, 0.29) is 23.6 Å². The summed E-state index contributed by atoms with van der Waals surface area (Å²) < 4.78 is 71.8. The maximum absolute atomic E-state index is 12.9. The molecule has 0 aromatic heterocycles. The molecule has 0 heterocycles. The average Bonchev–Trinajstić information content (AvgIpc) is 2.60. The maximum atomic E-state index is 12.9. The minimum Gasteiger partial charge on any atom is -0.469 e. The molecule has 4 aliphatic rings. The summed E-state index contributed by atoms with van der Waals surface area (Å²) in [5.74, 6) is -0.0743. The van der Waals surface area contributed by atoms with Crippen LogP contribution in [-0.2, 0) is 25.1 Å². The van der Waals surface area contributed by atoms with Crippen LogP contribution in [0.2, 0.25) is 0 Å². The van der Waals surface area contributed by atoms with Gasteiger partial charge < -0.3 is 8.92 Å². The highest BCUT2D eigenvalue weighted by molar-refractivity contribution is 7.88. The summed E-state index contributed by atoms with van der Waals surface area (Å²) in [4.78, 5) is 12.7. The van der Waals surface area contributed by atoms with Gasteiger partial charge in [-0.25, -0.2) is 0 Å². The van der Waals surface area contributed by atoms with Gasteiger partial charge >= 0.3 is 21.6 Å². The first-order valence-electron chi connectivity index (χ1n) is 9.60. The molecule has 1 aromatic carbocycles. The lowest BCUT2D eigenvalue weighted by Gasteiger charge is -2.61. The van der Waals surface area contributed by atoms with Gasteiger partial charge in [-0.15, -0.1) is 0 Å². The second-order valence-corrected chi connectivity index (χ2v) is 10.5. The normalized spacial score (nSPS) is 33.6. The third kappa shape index (κ3) is 3.21. The molecule has 4 bridgehead atoms. The van der Waals surface area contributed by atoms with Gasteiger partial charge in [0, 0.05) is 11.0 Å². The molecule has 9 heteroatoms. The summed E-state index contributed by atoms with van der Waals surface area (Å²) in [6.45, 7) is 1.79. The number of carbonyl (C=O) groups is 1. The van der Waals surface area contributed by atoms with Crippen LogP contribution in [0.4, 0.5) is 13.2 Å². The van der Waals surface area contributed by atoms with Crippen LogP contribution in [0.25, 0.3) is 0 Å². The molecule has 0 N–H and O–H groups in total. The summed E-state index contributed by atoms with van der Waals surface area (Å²) in [5, 5.41) is 0. The van der Waals surface area contributed by atoms with Gasteiger partial charge in [-0.2, -0.15) is 21.6 Å². The molecule has 4 aliphatic carbocycles. The predicted molar refractivity (Wildman–Crippen MR) is 97.6 cm³/mol. The Balaban J connectivity index is 1.81. The number of hydrogen-bond acceptors (Lipinski definition) is 5. The minimum absolute atomic E-state index is 0.253. The number of benzene rings is 1. The van der Waals surface area contributed by atoms with Crippen molar-refractivity contribution in [2.75, 3.05) is 7.11 Å². The molecule has 4 fully saturated rings. The van der Waals surface area contributed by atoms with Crippen molar-refractivity contribution in [3.8, 4) is 5.75 Å². The highest BCUT2D eigenvalue weighted by Gasteiger charge is 2.62. The standard InChI is InChI=1S/C20H23F3O5S/c1-12-3-4-16(28-29(25,26)20(21,22)23)15(5-12)18-7-13-6-14(8-18)10-19(9-13,11-18)17(24)27-2/h3-5,13-14H,6-11H2,1-2H3. The Bertz CT molecular complexity index is 939. The third-order valence-corrected chi connectivity index (χ3v) is 7.83. The van der Waals surface area contributed by atoms with Crippen LogP contribution in [0.3, 0.4) is 0 Å². The lowest BCUT2D eigenvalue weighted by atomic mass is 9.43. The van der Waals surface area contributed by atoms with E-state index < -0.39 is 26.5 Å². The lowest BCUT2D eigenvalue weighted by molar-refractivity contribution is -0.171. The van der Waals surface area contributed by atoms with Gasteiger partial charge in [0.1, 0.15) is 5.75 Å². The van der Waals surface area contributed by atoms with E-state index in [1.165, 1.54) is 19.2 Å². The Morgan fingerprint density at radius 2 is 1.76 bits per heavy atom. The van der Waals surface area contributed by atoms with Crippen molar-refractivity contribution in [3.63, 3.8) is 0 Å². The first-order valence-corrected chi connectivity index (χ1v) is 11.0. The van der Waals surface area contributed by atoms with Crippen LogP contribution in [-0.4, -0.2) is 27.0 Å². The lowest BCUT2D eigenvalue weighted by Crippen LogP contribution is -2.57. The van der Waals surface area contributed by atoms with Crippen LogP contribution >= 0.6 is 0 Å². The summed E-state index contributed by atoms with van der Waals surface area (Å²) in [7, 11) is -4.43. The van der Waals surface area contributed by atoms with Crippen molar-refractivity contribution >= 4 is 16.1 Å². The number of hydrogen-bond donors (Lipinski definition) is 0. The van der Waals surface area contributed by atoms with Crippen molar-refractivity contribution in [3.05, 3.63) is 29.3 Å². The minimum atomic E-state index is -5.79. The smallest absolute Gasteiger partial charge is 0.469 e. The molecule has 0 spiro atoms. The van der Waals surface area contributed by atoms with Crippen molar-refractivity contribution in [2.24, 2.45) is 17.3 Å². The van der Waals surface area contributed by atoms with Gasteiger partial charge in [0.2, 0.25) is 0 Å². The summed E-state index contributed by atoms with van der Waals surface area (Å²) >= 11 is 0. The molecule has 2 unspecified atom stereocenters. The topological polar surface area (TPSA) is 69.7 Å². The highest BCUT2D eigenvalue weighted by atomic mass is 32.2. The molecule has 4 saturated carbocycles. The van der Waals surface area contributed by atoms with E-state index >= 15 is 0 Å². The van der Waals surface area contributed by atoms with E-state index in [0.717, 1.165) is 12.0 Å². The zero-order valence-corrected chi connectivity index (χ0v) is 17.0. The van der Waals surface area contributed by atoms with Gasteiger partial charge in [0.15, 0.2) is 0 Å². The SMILES string of the molecule is COC(=O)C12CC3CC(C1)CC(c1cc(C)ccc1OS(=O)(=O)C(F)(F)F)(C3)C2. The van der Waals surface area contributed by atoms with Crippen molar-refractivity contribution in [1.82, 2.24) is 0 Å². The number of alkyl halides is 3. The molecule has 5 nitrogen and oxygen atoms in total. The molecular weight excluding hydrogens is 409 g/mol. The number of rotatable bonds is 4. The van der Waals surface area contributed by atoms with E-state index in [9.17, 15) is 26.4 Å². The number of aryl methyl sites for hydroxylation is 1. The molecule has 2 atom stereocenters. The van der Waals surface area contributed by atoms with Crippen LogP contribution in [0.15, 0.2) is 18.2 Å². The monoisotopic (exact) mass is 432 g/mol. The van der Waals surface area contributed by atoms with Gasteiger partial charge in [0.05, 0.1) is 12.5 Å². The highest BCUT2D eigenvalue weighted by Crippen LogP contribution is 2.67. The Morgan fingerprint density at radius 3 is 2.31 bits per heavy atom. The van der Waals surface area contributed by atoms with Crippen LogP contribution in [0.1, 0.15) is 49.7 Å². The van der Waals surface area contributed by atoms with Gasteiger partial charge in [0.25, 0.3) is 0 Å². The van der Waals surface area contributed by atoms with E-state index in [0.29, 0.717) is 37.7 Å². The molecule has 29 heavy (non-hydrogen) atoms. The first kappa shape index (κ1) is 20.5. The number of halogens is 3. The van der Waals surface area contributed by atoms with Gasteiger partial charge in [-0.05, 0) is 63.4 Å². The Kier molecular flexibility index (Phi) is 4.50. The first-order chi connectivity index (χ1) is 13.4. The Morgan fingerprint density at radius 1 is 1.14 bits per heavy atom. The number of carbonyl (C=O) groups excluding carboxylic acids is 1. The predicted octanol–water partition coefficient (Wildman–Crippen LogP) is 4.23. The zero-order valence-electron chi connectivity index (χ0n) is 16.2. The van der Waals surface area contributed by atoms with Gasteiger partial charge in [-0.3, -0.25) is 4.79 Å². The van der Waals surface area contributed by atoms with E-state index in [2.05, 4.69) is 4.18 Å². The molecule has 1 aromatic rings. The van der Waals surface area contributed by atoms with Crippen molar-refractivity contribution < 1.29 is 35.3 Å². The fourth-order valence-electron chi connectivity index (χ4n) is 6.33. The quantitative estimate of drug-likeness (QED) is 0.405. The fourth-order valence-corrected chi connectivity index (χ4v) is 6.81. The van der Waals surface area contributed by atoms with Crippen LogP contribution in [0.5, 0.6) is 5.75 Å². The van der Waals surface area contributed by atoms with E-state index in [1.54, 1.807) is 13.0 Å². The number of ether oxygens (including phenoxy) is 1. The van der Waals surface area contributed by atoms with Crippen LogP contribution in [0, 0.1) is 24.2 Å². The second-order valence-electron chi connectivity index (χ2n) is 9.00. The molecule has 0 radical (unpaired) electrons. The number of methoxy groups -OCH3 is 1. The summed E-state index contributed by atoms with van der Waals surface area (Å²) in [6.07, 6.45) is 4.23. The van der Waals surface area contributed by atoms with Crippen LogP contribution < -0.4 is 4.18 Å². The molecular formula is C20H23F3O5S. The number of esters is 1. The Hall–Kier alpha value is -1.77. The summed E-state index contributed by atoms with van der Waals surface area (Å²) in [6, 6.07) is 4.53. The second kappa shape index (κ2) is 6.36. The van der Waals surface area contributed by atoms with Crippen molar-refractivity contribution in [2.45, 2.75) is 56.4 Å². The van der Waals surface area contributed by atoms with Gasteiger partial charge in [-0.1, -0.05) is 17.7 Å².